The minimum absolute atomic E-state index is 0.0803. The zero-order valence-electron chi connectivity index (χ0n) is 12.7. The van der Waals surface area contributed by atoms with Crippen molar-refractivity contribution < 1.29 is 9.84 Å². The molecule has 0 aromatic heterocycles. The van der Waals surface area contributed by atoms with Crippen molar-refractivity contribution in [3.8, 4) is 5.75 Å². The largest absolute Gasteiger partial charge is 0.508 e. The van der Waals surface area contributed by atoms with Gasteiger partial charge in [-0.1, -0.05) is 58.7 Å². The number of hydrogen-bond donors (Lipinski definition) is 1. The van der Waals surface area contributed by atoms with Gasteiger partial charge in [-0.15, -0.1) is 0 Å². The van der Waals surface area contributed by atoms with Gasteiger partial charge in [-0.2, -0.15) is 0 Å². The highest BCUT2D eigenvalue weighted by atomic mass is 79.9. The molecule has 2 aromatic carbocycles. The van der Waals surface area contributed by atoms with Crippen LogP contribution in [0.15, 0.2) is 53.0 Å². The second kappa shape index (κ2) is 6.84. The Bertz CT molecular complexity index is 627. The maximum Gasteiger partial charge on any atom is 0.120 e. The predicted molar refractivity (Wildman–Crippen MR) is 92.1 cm³/mol. The van der Waals surface area contributed by atoms with Crippen LogP contribution in [0.4, 0.5) is 0 Å². The monoisotopic (exact) mass is 360 g/mol. The van der Waals surface area contributed by atoms with Crippen molar-refractivity contribution in [2.24, 2.45) is 5.92 Å². The van der Waals surface area contributed by atoms with Crippen LogP contribution in [0.5, 0.6) is 5.75 Å². The molecule has 0 aliphatic heterocycles. The van der Waals surface area contributed by atoms with E-state index in [1.54, 1.807) is 13.2 Å². The second-order valence-electron chi connectivity index (χ2n) is 5.97. The van der Waals surface area contributed by atoms with E-state index in [1.807, 2.05) is 18.2 Å². The first-order valence-electron chi connectivity index (χ1n) is 7.77. The van der Waals surface area contributed by atoms with E-state index in [0.29, 0.717) is 17.6 Å². The zero-order chi connectivity index (χ0) is 15.5. The van der Waals surface area contributed by atoms with E-state index >= 15 is 0 Å². The second-order valence-corrected chi connectivity index (χ2v) is 6.89. The SMILES string of the molecule is COC(c1ccccc1)[C@H]1CCC[C@@H]1c1ccc(Br)cc1O. The minimum atomic E-state index is 0.0803. The number of ether oxygens (including phenoxy) is 1. The van der Waals surface area contributed by atoms with Gasteiger partial charge in [0.25, 0.3) is 0 Å². The number of phenols is 1. The van der Waals surface area contributed by atoms with E-state index in [2.05, 4.69) is 40.2 Å². The summed E-state index contributed by atoms with van der Waals surface area (Å²) < 4.78 is 6.76. The van der Waals surface area contributed by atoms with E-state index in [1.165, 1.54) is 12.0 Å². The summed E-state index contributed by atoms with van der Waals surface area (Å²) in [6, 6.07) is 16.2. The van der Waals surface area contributed by atoms with Gasteiger partial charge < -0.3 is 9.84 Å². The molecule has 1 N–H and O–H groups in total. The quantitative estimate of drug-likeness (QED) is 0.787. The molecule has 1 aliphatic rings. The molecule has 0 saturated heterocycles. The van der Waals surface area contributed by atoms with Gasteiger partial charge in [0.2, 0.25) is 0 Å². The number of hydrogen-bond acceptors (Lipinski definition) is 2. The van der Waals surface area contributed by atoms with E-state index in [4.69, 9.17) is 4.74 Å². The molecular weight excluding hydrogens is 340 g/mol. The van der Waals surface area contributed by atoms with Crippen LogP contribution in [0.3, 0.4) is 0 Å². The van der Waals surface area contributed by atoms with Crippen LogP contribution in [0.25, 0.3) is 0 Å². The average Bonchev–Trinajstić information content (AvgIpc) is 2.98. The van der Waals surface area contributed by atoms with Gasteiger partial charge in [0.05, 0.1) is 6.10 Å². The van der Waals surface area contributed by atoms with Crippen LogP contribution in [-0.2, 0) is 4.74 Å². The molecule has 0 bridgehead atoms. The molecule has 116 valence electrons. The third-order valence-corrected chi connectivity index (χ3v) is 5.23. The summed E-state index contributed by atoms with van der Waals surface area (Å²) in [6.45, 7) is 0. The number of halogens is 1. The number of phenolic OH excluding ortho intramolecular Hbond substituents is 1. The third kappa shape index (κ3) is 3.06. The lowest BCUT2D eigenvalue weighted by Crippen LogP contribution is -2.18. The van der Waals surface area contributed by atoms with Crippen molar-refractivity contribution in [3.63, 3.8) is 0 Å². The Morgan fingerprint density at radius 2 is 1.91 bits per heavy atom. The fourth-order valence-electron chi connectivity index (χ4n) is 3.77. The summed E-state index contributed by atoms with van der Waals surface area (Å²) >= 11 is 3.41. The zero-order valence-corrected chi connectivity index (χ0v) is 14.3. The molecule has 0 heterocycles. The third-order valence-electron chi connectivity index (χ3n) is 4.73. The minimum Gasteiger partial charge on any atom is -0.508 e. The number of aromatic hydroxyl groups is 1. The van der Waals surface area contributed by atoms with E-state index in [9.17, 15) is 5.11 Å². The van der Waals surface area contributed by atoms with Crippen molar-refractivity contribution >= 4 is 15.9 Å². The smallest absolute Gasteiger partial charge is 0.120 e. The van der Waals surface area contributed by atoms with Gasteiger partial charge in [-0.05, 0) is 47.9 Å². The molecule has 1 aliphatic carbocycles. The number of rotatable bonds is 4. The Labute approximate surface area is 140 Å². The van der Waals surface area contributed by atoms with Gasteiger partial charge in [0.15, 0.2) is 0 Å². The number of methoxy groups -OCH3 is 1. The Morgan fingerprint density at radius 3 is 2.59 bits per heavy atom. The van der Waals surface area contributed by atoms with Crippen molar-refractivity contribution in [1.29, 1.82) is 0 Å². The first-order chi connectivity index (χ1) is 10.7. The highest BCUT2D eigenvalue weighted by Crippen LogP contribution is 2.49. The van der Waals surface area contributed by atoms with Gasteiger partial charge in [-0.3, -0.25) is 0 Å². The summed E-state index contributed by atoms with van der Waals surface area (Å²) in [6.07, 6.45) is 3.49. The Morgan fingerprint density at radius 1 is 1.14 bits per heavy atom. The lowest BCUT2D eigenvalue weighted by molar-refractivity contribution is 0.0465. The van der Waals surface area contributed by atoms with Crippen molar-refractivity contribution in [2.45, 2.75) is 31.3 Å². The van der Waals surface area contributed by atoms with E-state index < -0.39 is 0 Å². The van der Waals surface area contributed by atoms with Crippen molar-refractivity contribution in [2.75, 3.05) is 7.11 Å². The van der Waals surface area contributed by atoms with E-state index in [-0.39, 0.29) is 6.10 Å². The fraction of sp³-hybridized carbons (Fsp3) is 0.368. The molecular formula is C19H21BrO2. The molecule has 0 radical (unpaired) electrons. The summed E-state index contributed by atoms with van der Waals surface area (Å²) in [7, 11) is 1.79. The molecule has 22 heavy (non-hydrogen) atoms. The van der Waals surface area contributed by atoms with Crippen LogP contribution in [-0.4, -0.2) is 12.2 Å². The Kier molecular flexibility index (Phi) is 4.84. The Balaban J connectivity index is 1.92. The summed E-state index contributed by atoms with van der Waals surface area (Å²) in [5, 5.41) is 10.3. The molecule has 0 amide bonds. The van der Waals surface area contributed by atoms with Crippen LogP contribution in [0, 0.1) is 5.92 Å². The topological polar surface area (TPSA) is 29.5 Å². The summed E-state index contributed by atoms with van der Waals surface area (Å²) in [5.41, 5.74) is 2.27. The molecule has 3 rings (SSSR count). The van der Waals surface area contributed by atoms with Gasteiger partial charge in [-0.25, -0.2) is 0 Å². The standard InChI is InChI=1S/C19H21BrO2/c1-22-19(13-6-3-2-4-7-13)17-9-5-8-15(17)16-11-10-14(20)12-18(16)21/h2-4,6-7,10-12,15,17,19,21H,5,8-9H2,1H3/t15-,17+,19?/m1/s1. The lowest BCUT2D eigenvalue weighted by Gasteiger charge is -2.29. The first-order valence-corrected chi connectivity index (χ1v) is 8.56. The highest BCUT2D eigenvalue weighted by molar-refractivity contribution is 9.10. The molecule has 3 heteroatoms. The van der Waals surface area contributed by atoms with Gasteiger partial charge in [0.1, 0.15) is 5.75 Å². The van der Waals surface area contributed by atoms with Crippen molar-refractivity contribution in [3.05, 3.63) is 64.1 Å². The molecule has 2 aromatic rings. The first kappa shape index (κ1) is 15.6. The van der Waals surface area contributed by atoms with Crippen LogP contribution in [0.2, 0.25) is 0 Å². The molecule has 3 atom stereocenters. The molecule has 0 spiro atoms. The van der Waals surface area contributed by atoms with E-state index in [0.717, 1.165) is 22.9 Å². The fourth-order valence-corrected chi connectivity index (χ4v) is 4.12. The van der Waals surface area contributed by atoms with Gasteiger partial charge in [0, 0.05) is 11.6 Å². The van der Waals surface area contributed by atoms with Crippen LogP contribution in [0.1, 0.15) is 42.4 Å². The number of benzene rings is 2. The highest BCUT2D eigenvalue weighted by Gasteiger charge is 2.36. The summed E-state index contributed by atoms with van der Waals surface area (Å²) in [4.78, 5) is 0. The predicted octanol–water partition coefficient (Wildman–Crippen LogP) is 5.43. The molecule has 1 saturated carbocycles. The molecule has 2 nitrogen and oxygen atoms in total. The summed E-state index contributed by atoms with van der Waals surface area (Å²) in [5.74, 6) is 1.13. The maximum absolute atomic E-state index is 10.3. The van der Waals surface area contributed by atoms with Crippen molar-refractivity contribution in [1.82, 2.24) is 0 Å². The van der Waals surface area contributed by atoms with Gasteiger partial charge >= 0.3 is 0 Å². The maximum atomic E-state index is 10.3. The van der Waals surface area contributed by atoms with Crippen LogP contribution < -0.4 is 0 Å². The molecule has 1 unspecified atom stereocenters. The Hall–Kier alpha value is -1.32. The lowest BCUT2D eigenvalue weighted by atomic mass is 9.82. The normalized spacial score (nSPS) is 22.6. The molecule has 1 fully saturated rings. The van der Waals surface area contributed by atoms with Crippen LogP contribution >= 0.6 is 15.9 Å². The average molecular weight is 361 g/mol.